The van der Waals surface area contributed by atoms with Gasteiger partial charge in [0.1, 0.15) is 5.82 Å². The minimum absolute atomic E-state index is 0.272. The Hall–Kier alpha value is -3.35. The van der Waals surface area contributed by atoms with E-state index in [4.69, 9.17) is 11.6 Å². The summed E-state index contributed by atoms with van der Waals surface area (Å²) in [5.41, 5.74) is 4.51. The van der Waals surface area contributed by atoms with Gasteiger partial charge in [0.25, 0.3) is 11.1 Å². The second-order valence-electron chi connectivity index (χ2n) is 8.00. The van der Waals surface area contributed by atoms with Crippen molar-refractivity contribution in [3.05, 3.63) is 105 Å². The van der Waals surface area contributed by atoms with Crippen LogP contribution < -0.4 is 4.90 Å². The Morgan fingerprint density at radius 3 is 2.53 bits per heavy atom. The predicted molar refractivity (Wildman–Crippen MR) is 137 cm³/mol. The summed E-state index contributed by atoms with van der Waals surface area (Å²) in [4.78, 5) is 27.3. The Bertz CT molecular complexity index is 1460. The van der Waals surface area contributed by atoms with Gasteiger partial charge in [0.15, 0.2) is 0 Å². The fourth-order valence-electron chi connectivity index (χ4n) is 4.22. The lowest BCUT2D eigenvalue weighted by molar-refractivity contribution is -0.113. The number of imide groups is 1. The fraction of sp³-hybridized carbons (Fsp3) is 0.111. The lowest BCUT2D eigenvalue weighted by Gasteiger charge is -2.12. The molecule has 0 radical (unpaired) electrons. The Balaban J connectivity index is 1.57. The molecule has 1 saturated heterocycles. The molecule has 0 unspecified atom stereocenters. The zero-order valence-electron chi connectivity index (χ0n) is 18.3. The van der Waals surface area contributed by atoms with Gasteiger partial charge in [-0.3, -0.25) is 9.59 Å². The molecule has 0 N–H and O–H groups in total. The van der Waals surface area contributed by atoms with Gasteiger partial charge in [-0.15, -0.1) is 0 Å². The van der Waals surface area contributed by atoms with Crippen LogP contribution in [0.5, 0.6) is 0 Å². The summed E-state index contributed by atoms with van der Waals surface area (Å²) in [6.45, 7) is 2.66. The SMILES string of the molecule is CCc1cccc2c(/C=C3\SC(=O)N(c4cccc(Cl)c4)C3=O)cn(Cc3ccc(F)cc3)c12. The van der Waals surface area contributed by atoms with Crippen molar-refractivity contribution < 1.29 is 14.0 Å². The topological polar surface area (TPSA) is 42.3 Å². The number of aryl methyl sites for hydroxylation is 1. The number of benzene rings is 3. The molecule has 0 saturated carbocycles. The van der Waals surface area contributed by atoms with Gasteiger partial charge in [-0.1, -0.05) is 54.9 Å². The van der Waals surface area contributed by atoms with E-state index in [9.17, 15) is 14.0 Å². The number of amides is 2. The Morgan fingerprint density at radius 2 is 1.79 bits per heavy atom. The van der Waals surface area contributed by atoms with Crippen molar-refractivity contribution in [2.45, 2.75) is 19.9 Å². The Kier molecular flexibility index (Phi) is 6.02. The summed E-state index contributed by atoms with van der Waals surface area (Å²) in [5.74, 6) is -0.644. The standard InChI is InChI=1S/C27H20ClFN2O2S/c1-2-18-5-3-8-23-19(16-30(25(18)23)15-17-9-11-21(29)12-10-17)13-24-26(32)31(27(33)34-24)22-7-4-6-20(28)14-22/h3-14,16H,2,15H2,1H3/b24-13-. The van der Waals surface area contributed by atoms with Crippen molar-refractivity contribution in [3.63, 3.8) is 0 Å². The number of thioether (sulfide) groups is 1. The molecule has 1 aliphatic heterocycles. The highest BCUT2D eigenvalue weighted by atomic mass is 35.5. The minimum atomic E-state index is -0.372. The first kappa shape index (κ1) is 22.4. The van der Waals surface area contributed by atoms with Gasteiger partial charge in [-0.25, -0.2) is 9.29 Å². The van der Waals surface area contributed by atoms with Crippen molar-refractivity contribution in [3.8, 4) is 0 Å². The number of hydrogen-bond donors (Lipinski definition) is 0. The minimum Gasteiger partial charge on any atom is -0.342 e. The summed E-state index contributed by atoms with van der Waals surface area (Å²) in [6, 6.07) is 19.2. The van der Waals surface area contributed by atoms with E-state index in [1.807, 2.05) is 18.3 Å². The molecule has 4 nitrogen and oxygen atoms in total. The normalized spacial score (nSPS) is 15.1. The van der Waals surface area contributed by atoms with E-state index in [0.717, 1.165) is 45.1 Å². The fourth-order valence-corrected chi connectivity index (χ4v) is 5.24. The first-order chi connectivity index (χ1) is 16.4. The van der Waals surface area contributed by atoms with Crippen molar-refractivity contribution in [1.82, 2.24) is 4.57 Å². The van der Waals surface area contributed by atoms with E-state index in [1.165, 1.54) is 17.7 Å². The number of halogens is 2. The van der Waals surface area contributed by atoms with Crippen molar-refractivity contribution in [2.24, 2.45) is 0 Å². The third-order valence-corrected chi connectivity index (χ3v) is 6.91. The summed E-state index contributed by atoms with van der Waals surface area (Å²) < 4.78 is 15.5. The van der Waals surface area contributed by atoms with Crippen LogP contribution in [0.3, 0.4) is 0 Å². The highest BCUT2D eigenvalue weighted by Crippen LogP contribution is 2.38. The number of nitrogens with zero attached hydrogens (tertiary/aromatic N) is 2. The van der Waals surface area contributed by atoms with Crippen molar-refractivity contribution in [2.75, 3.05) is 4.90 Å². The quantitative estimate of drug-likeness (QED) is 0.276. The molecule has 1 aromatic heterocycles. The van der Waals surface area contributed by atoms with Crippen molar-refractivity contribution >= 4 is 57.2 Å². The molecule has 7 heteroatoms. The number of fused-ring (bicyclic) bond motifs is 1. The van der Waals surface area contributed by atoms with Gasteiger partial charge in [0.2, 0.25) is 0 Å². The third-order valence-electron chi connectivity index (χ3n) is 5.81. The van der Waals surface area contributed by atoms with Gasteiger partial charge in [-0.05, 0) is 65.7 Å². The molecule has 0 atom stereocenters. The summed E-state index contributed by atoms with van der Waals surface area (Å²) in [5, 5.41) is 1.09. The van der Waals surface area contributed by atoms with Crippen LogP contribution >= 0.6 is 23.4 Å². The van der Waals surface area contributed by atoms with Crippen LogP contribution in [0, 0.1) is 5.82 Å². The molecule has 1 fully saturated rings. The molecule has 0 bridgehead atoms. The average Bonchev–Trinajstić information content (AvgIpc) is 3.31. The molecular formula is C27H20ClFN2O2S. The van der Waals surface area contributed by atoms with Gasteiger partial charge >= 0.3 is 0 Å². The zero-order chi connectivity index (χ0) is 23.8. The first-order valence-electron chi connectivity index (χ1n) is 10.8. The van der Waals surface area contributed by atoms with Crippen molar-refractivity contribution in [1.29, 1.82) is 0 Å². The predicted octanol–water partition coefficient (Wildman–Crippen LogP) is 7.29. The number of aromatic nitrogens is 1. The molecule has 2 heterocycles. The number of anilines is 1. The van der Waals surface area contributed by atoms with E-state index < -0.39 is 0 Å². The lowest BCUT2D eigenvalue weighted by Crippen LogP contribution is -2.27. The van der Waals surface area contributed by atoms with Gasteiger partial charge in [0, 0.05) is 28.7 Å². The number of carbonyl (C=O) groups excluding carboxylic acids is 2. The Labute approximate surface area is 205 Å². The second-order valence-corrected chi connectivity index (χ2v) is 9.43. The highest BCUT2D eigenvalue weighted by Gasteiger charge is 2.36. The van der Waals surface area contributed by atoms with Crippen LogP contribution in [0.2, 0.25) is 5.02 Å². The summed E-state index contributed by atoms with van der Waals surface area (Å²) >= 11 is 6.98. The van der Waals surface area contributed by atoms with Crippen LogP contribution in [0.1, 0.15) is 23.6 Å². The lowest BCUT2D eigenvalue weighted by atomic mass is 10.1. The van der Waals surface area contributed by atoms with Gasteiger partial charge in [-0.2, -0.15) is 0 Å². The van der Waals surface area contributed by atoms with E-state index >= 15 is 0 Å². The molecule has 170 valence electrons. The molecule has 3 aromatic carbocycles. The van der Waals surface area contributed by atoms with Gasteiger partial charge < -0.3 is 4.57 Å². The van der Waals surface area contributed by atoms with Crippen LogP contribution in [0.4, 0.5) is 14.9 Å². The average molecular weight is 491 g/mol. The van der Waals surface area contributed by atoms with E-state index in [-0.39, 0.29) is 17.0 Å². The van der Waals surface area contributed by atoms with Crippen LogP contribution in [-0.2, 0) is 17.8 Å². The molecule has 2 amide bonds. The van der Waals surface area contributed by atoms with E-state index in [0.29, 0.717) is 22.2 Å². The maximum Gasteiger partial charge on any atom is 0.298 e. The maximum atomic E-state index is 13.4. The Morgan fingerprint density at radius 1 is 1.03 bits per heavy atom. The largest absolute Gasteiger partial charge is 0.342 e. The molecular weight excluding hydrogens is 471 g/mol. The first-order valence-corrected chi connectivity index (χ1v) is 12.0. The maximum absolute atomic E-state index is 13.4. The zero-order valence-corrected chi connectivity index (χ0v) is 19.9. The number of carbonyl (C=O) groups is 2. The molecule has 34 heavy (non-hydrogen) atoms. The summed E-state index contributed by atoms with van der Waals surface area (Å²) in [7, 11) is 0. The second kappa shape index (κ2) is 9.12. The molecule has 1 aliphatic rings. The van der Waals surface area contributed by atoms with Crippen LogP contribution in [-0.4, -0.2) is 15.7 Å². The number of hydrogen-bond acceptors (Lipinski definition) is 3. The number of para-hydroxylation sites is 1. The highest BCUT2D eigenvalue weighted by molar-refractivity contribution is 8.19. The van der Waals surface area contributed by atoms with Crippen LogP contribution in [0.15, 0.2) is 77.8 Å². The monoisotopic (exact) mass is 490 g/mol. The number of rotatable bonds is 5. The van der Waals surface area contributed by atoms with Gasteiger partial charge in [0.05, 0.1) is 16.1 Å². The smallest absolute Gasteiger partial charge is 0.298 e. The molecule has 0 spiro atoms. The molecule has 5 rings (SSSR count). The van der Waals surface area contributed by atoms with Crippen LogP contribution in [0.25, 0.3) is 17.0 Å². The molecule has 0 aliphatic carbocycles. The van der Waals surface area contributed by atoms with E-state index in [1.54, 1.807) is 42.5 Å². The van der Waals surface area contributed by atoms with E-state index in [2.05, 4.69) is 17.6 Å². The summed E-state index contributed by atoms with van der Waals surface area (Å²) in [6.07, 6.45) is 4.61. The molecule has 4 aromatic rings. The third kappa shape index (κ3) is 4.15.